The molecule has 6 aromatic heterocycles. The van der Waals surface area contributed by atoms with E-state index in [-0.39, 0.29) is 147 Å². The highest BCUT2D eigenvalue weighted by Crippen LogP contribution is 2.45. The van der Waals surface area contributed by atoms with Gasteiger partial charge in [0.25, 0.3) is 43.0 Å². The number of benzene rings is 5. The van der Waals surface area contributed by atoms with E-state index in [9.17, 15) is 64.8 Å². The first-order valence-corrected chi connectivity index (χ1v) is 47.7. The van der Waals surface area contributed by atoms with Crippen molar-refractivity contribution in [2.75, 3.05) is 84.1 Å². The van der Waals surface area contributed by atoms with Gasteiger partial charge in [0.05, 0.1) is 69.6 Å². The van der Waals surface area contributed by atoms with Crippen LogP contribution in [0.2, 0.25) is 5.15 Å². The van der Waals surface area contributed by atoms with Crippen LogP contribution in [0.1, 0.15) is 131 Å². The summed E-state index contributed by atoms with van der Waals surface area (Å²) in [5.41, 5.74) is 1.59. The molecule has 3 aliphatic carbocycles. The van der Waals surface area contributed by atoms with E-state index < -0.39 is 65.3 Å². The Hall–Kier alpha value is -12.9. The topological polar surface area (TPSA) is 386 Å². The first-order valence-electron chi connectivity index (χ1n) is 43.0. The second kappa shape index (κ2) is 48.1. The first-order chi connectivity index (χ1) is 65.9. The summed E-state index contributed by atoms with van der Waals surface area (Å²) in [6.07, 6.45) is -0.710. The molecule has 0 aliphatic heterocycles. The lowest BCUT2D eigenvalue weighted by Gasteiger charge is -2.39. The van der Waals surface area contributed by atoms with Gasteiger partial charge in [-0.3, -0.25) is 14.3 Å². The second-order valence-corrected chi connectivity index (χ2v) is 38.5. The number of carboxylic acid groups (broad SMARTS) is 2. The van der Waals surface area contributed by atoms with Gasteiger partial charge in [0, 0.05) is 90.3 Å². The number of nitrogens with one attached hydrogen (secondary N) is 1. The van der Waals surface area contributed by atoms with E-state index in [0.29, 0.717) is 109 Å². The van der Waals surface area contributed by atoms with Crippen LogP contribution in [0.4, 0.5) is 57.0 Å². The van der Waals surface area contributed by atoms with Crippen molar-refractivity contribution < 1.29 is 118 Å². The van der Waals surface area contributed by atoms with Crippen LogP contribution in [-0.2, 0) is 71.3 Å². The summed E-state index contributed by atoms with van der Waals surface area (Å²) >= 11 is 6.54. The van der Waals surface area contributed by atoms with Crippen LogP contribution in [0, 0.1) is 13.8 Å². The summed E-state index contributed by atoms with van der Waals surface area (Å²) in [6, 6.07) is 39.4. The fraction of sp³-hybridized carbons (Fsp3) is 0.372. The number of carbonyl (C=O) groups is 2. The van der Waals surface area contributed by atoms with Crippen LogP contribution >= 0.6 is 11.6 Å². The molecule has 9 atom stereocenters. The first kappa shape index (κ1) is 108. The number of aromatic nitrogens is 9. The van der Waals surface area contributed by atoms with Crippen LogP contribution in [0.5, 0.6) is 40.6 Å². The normalized spacial score (nSPS) is 18.4. The highest BCUT2D eigenvalue weighted by molar-refractivity contribution is 7.93. The number of hydrogen-bond acceptors (Lipinski definition) is 27. The Labute approximate surface area is 804 Å². The third-order valence-corrected chi connectivity index (χ3v) is 29.0. The highest BCUT2D eigenvalue weighted by atomic mass is 35.5. The Morgan fingerprint density at radius 1 is 0.424 bits per heavy atom. The summed E-state index contributed by atoms with van der Waals surface area (Å²) in [5, 5.41) is 13.5. The lowest BCUT2D eigenvalue weighted by molar-refractivity contribution is -0.138. The minimum Gasteiger partial charge on any atom is -0.497 e. The molecule has 11 aromatic rings. The molecule has 746 valence electrons. The molecule has 14 rings (SSSR count). The summed E-state index contributed by atoms with van der Waals surface area (Å²) in [5.74, 6) is 2.82. The largest absolute Gasteiger partial charge is 0.497 e. The van der Waals surface area contributed by atoms with Gasteiger partial charge in [-0.25, -0.2) is 78.7 Å². The van der Waals surface area contributed by atoms with Crippen molar-refractivity contribution in [3.63, 3.8) is 0 Å². The second-order valence-electron chi connectivity index (χ2n) is 32.8. The van der Waals surface area contributed by atoms with E-state index in [2.05, 4.69) is 49.6 Å². The quantitative estimate of drug-likeness (QED) is 0.0223. The summed E-state index contributed by atoms with van der Waals surface area (Å²) < 4.78 is 247. The predicted molar refractivity (Wildman–Crippen MR) is 497 cm³/mol. The standard InChI is InChI=1S/C34H38F3N5O5S.C33H35ClF3N5O5S.C25H28F3N5O3S.2CH2O2/c1-22-31(48(43,44)42(32-15-16-38-21-39-32)20-25-9-11-27(45-4)19-30(25)46-5)13-14-33(40-22)47-29-12-10-24(18-28(29)41(2)3)23-7-6-8-26(17-23)34(35,36)37;1-41(2)26-17-22(21-6-5-7-24(16-21)33(35,36)37)9-11-27(26)47-31-13-12-29(32(34)40-31)48(43,44)42(30-14-15-38-20-39-30)19-23-8-10-25(45-3)18-28(23)46-4;1-16-22(37(34,35)32-23-11-12-29-15-30-23)9-10-24(31-16)36-21-8-7-18(14-20(21)33(2)3)17-5-4-6-19(13-17)25(26,27)28;2*2-1-3/h6-9,11,13-17,19,21,24,28-29H,10,12,18,20H2,1-5H3;5-8,10,12-16,18,20,22,26-27H,9,11,17,19H2,1-4H3;4-6,9-13,15,18,20-21H,7-8,14H2,1-3H3,(H,29,30,32);2*1H,(H,2,3)/t24-,28-,29-;22-,26-,27-;18-,20-,21-;;/m000../s1. The number of aryl methyl sites for hydroxylation is 2. The third-order valence-electron chi connectivity index (χ3n) is 23.4. The molecule has 0 spiro atoms. The summed E-state index contributed by atoms with van der Waals surface area (Å²) in [7, 11) is 4.94. The molecule has 3 saturated carbocycles. The number of alkyl halides is 9. The summed E-state index contributed by atoms with van der Waals surface area (Å²) in [6.45, 7) is 2.43. The SMILES string of the molecule is COc1ccc(CN(c2ccncn2)S(=O)(=O)c2ccc(O[C@H]3CC[C@H](c4cccc(C(F)(F)F)c4)C[C@@H]3N(C)C)nc2C)c(OC)c1.COc1ccc(CN(c2ccncn2)S(=O)(=O)c2ccc(O[C@H]3CC[C@H](c4cccc(C(F)(F)F)c4)C[C@@H]3N(C)C)nc2Cl)c(OC)c1.Cc1nc(O[C@H]2CC[C@H](c3cccc(C(F)(F)F)c3)C[C@@H]2N(C)C)ccc1S(=O)(=O)Nc1ccncn1.O=CO.O=CO. The lowest BCUT2D eigenvalue weighted by atomic mass is 9.79. The van der Waals surface area contributed by atoms with E-state index in [1.165, 1.54) is 161 Å². The van der Waals surface area contributed by atoms with Gasteiger partial charge in [-0.15, -0.1) is 0 Å². The number of anilines is 3. The summed E-state index contributed by atoms with van der Waals surface area (Å²) in [4.78, 5) is 59.5. The van der Waals surface area contributed by atoms with Crippen molar-refractivity contribution in [3.8, 4) is 40.6 Å². The van der Waals surface area contributed by atoms with E-state index in [4.69, 9.17) is 64.6 Å². The molecule has 3 fully saturated rings. The zero-order valence-electron chi connectivity index (χ0n) is 77.5. The van der Waals surface area contributed by atoms with Gasteiger partial charge in [0.15, 0.2) is 5.15 Å². The molecule has 3 aliphatic rings. The van der Waals surface area contributed by atoms with Crippen molar-refractivity contribution in [1.82, 2.24) is 59.6 Å². The van der Waals surface area contributed by atoms with Gasteiger partial charge in [0.1, 0.15) is 92.4 Å². The van der Waals surface area contributed by atoms with E-state index in [1.807, 2.05) is 57.0 Å². The van der Waals surface area contributed by atoms with Crippen molar-refractivity contribution in [1.29, 1.82) is 0 Å². The maximum atomic E-state index is 14.2. The Kier molecular flexibility index (Phi) is 37.4. The number of hydrogen-bond donors (Lipinski definition) is 3. The molecule has 0 bridgehead atoms. The van der Waals surface area contributed by atoms with Gasteiger partial charge in [-0.1, -0.05) is 66.2 Å². The smallest absolute Gasteiger partial charge is 0.416 e. The Morgan fingerprint density at radius 3 is 1.07 bits per heavy atom. The van der Waals surface area contributed by atoms with E-state index in [0.717, 1.165) is 22.5 Å². The molecular formula is C94H105ClF9N15O17S3. The van der Waals surface area contributed by atoms with Gasteiger partial charge in [0.2, 0.25) is 17.6 Å². The average molecular weight is 2020 g/mol. The number of halogens is 10. The molecule has 3 N–H and O–H groups in total. The Balaban J connectivity index is 0.000000210. The fourth-order valence-electron chi connectivity index (χ4n) is 16.6. The van der Waals surface area contributed by atoms with Gasteiger partial charge in [-0.05, 0) is 215 Å². The number of pyridine rings is 3. The molecular weight excluding hydrogens is 1910 g/mol. The maximum absolute atomic E-state index is 14.2. The number of sulfonamides is 3. The lowest BCUT2D eigenvalue weighted by Crippen LogP contribution is -2.46. The monoisotopic (exact) mass is 2020 g/mol. The molecule has 0 saturated heterocycles. The van der Waals surface area contributed by atoms with Crippen LogP contribution in [0.3, 0.4) is 0 Å². The Morgan fingerprint density at radius 2 is 0.763 bits per heavy atom. The van der Waals surface area contributed by atoms with Gasteiger partial charge >= 0.3 is 18.5 Å². The van der Waals surface area contributed by atoms with Gasteiger partial charge < -0.3 is 58.1 Å². The minimum atomic E-state index is -4.42. The van der Waals surface area contributed by atoms with Crippen LogP contribution < -0.4 is 46.5 Å². The van der Waals surface area contributed by atoms with Crippen LogP contribution in [0.15, 0.2) is 216 Å². The third kappa shape index (κ3) is 28.5. The van der Waals surface area contributed by atoms with Crippen LogP contribution in [-0.4, -0.2) is 215 Å². The molecule has 5 aromatic carbocycles. The molecule has 0 unspecified atom stereocenters. The molecule has 139 heavy (non-hydrogen) atoms. The molecule has 45 heteroatoms. The van der Waals surface area contributed by atoms with E-state index in [1.54, 1.807) is 68.4 Å². The molecule has 32 nitrogen and oxygen atoms in total. The zero-order chi connectivity index (χ0) is 101. The number of likely N-dealkylation sites (N-methyl/N-ethyl adjacent to an activating group) is 3. The average Bonchev–Trinajstić information content (AvgIpc) is 0.781. The maximum Gasteiger partial charge on any atom is 0.416 e. The van der Waals surface area contributed by atoms with Crippen LogP contribution in [0.25, 0.3) is 0 Å². The molecule has 0 amide bonds. The van der Waals surface area contributed by atoms with E-state index >= 15 is 0 Å². The van der Waals surface area contributed by atoms with Crippen molar-refractivity contribution in [2.24, 2.45) is 0 Å². The van der Waals surface area contributed by atoms with Crippen molar-refractivity contribution in [3.05, 3.63) is 262 Å². The predicted octanol–water partition coefficient (Wildman–Crippen LogP) is 16.9. The number of nitrogens with zero attached hydrogens (tertiary/aromatic N) is 14. The number of rotatable bonds is 29. The Bertz CT molecular complexity index is 6020. The number of ether oxygens (including phenoxy) is 7. The molecule has 6 heterocycles. The van der Waals surface area contributed by atoms with Gasteiger partial charge in [-0.2, -0.15) is 39.5 Å². The number of methoxy groups -OCH3 is 4. The highest BCUT2D eigenvalue weighted by Gasteiger charge is 2.42. The minimum absolute atomic E-state index is 0.00382. The van der Waals surface area contributed by atoms with Crippen molar-refractivity contribution in [2.45, 2.75) is 172 Å². The van der Waals surface area contributed by atoms with Crippen molar-refractivity contribution >= 4 is 72.1 Å². The zero-order valence-corrected chi connectivity index (χ0v) is 80.7. The fourth-order valence-corrected chi connectivity index (χ4v) is 21.2. The molecule has 0 radical (unpaired) electrons.